The van der Waals surface area contributed by atoms with Crippen molar-refractivity contribution in [2.24, 2.45) is 0 Å². The maximum atomic E-state index is 6.08. The van der Waals surface area contributed by atoms with Crippen LogP contribution < -0.4 is 5.32 Å². The van der Waals surface area contributed by atoms with Gasteiger partial charge >= 0.3 is 0 Å². The van der Waals surface area contributed by atoms with Crippen LogP contribution in [0.2, 0.25) is 5.02 Å². The summed E-state index contributed by atoms with van der Waals surface area (Å²) in [5.41, 5.74) is 6.93. The number of aryl methyl sites for hydroxylation is 1. The van der Waals surface area contributed by atoms with Crippen LogP contribution in [0.5, 0.6) is 0 Å². The minimum absolute atomic E-state index is 0.774. The molecule has 0 saturated heterocycles. The monoisotopic (exact) mass is 295 g/mol. The Hall–Kier alpha value is -2.26. The molecule has 0 fully saturated rings. The van der Waals surface area contributed by atoms with E-state index < -0.39 is 0 Å². The molecule has 1 heterocycles. The predicted molar refractivity (Wildman–Crippen MR) is 86.3 cm³/mol. The van der Waals surface area contributed by atoms with Crippen molar-refractivity contribution in [3.05, 3.63) is 64.2 Å². The van der Waals surface area contributed by atoms with Crippen LogP contribution in [-0.2, 0) is 6.42 Å². The van der Waals surface area contributed by atoms with E-state index in [1.165, 1.54) is 22.3 Å². The summed E-state index contributed by atoms with van der Waals surface area (Å²) in [4.78, 5) is 0. The van der Waals surface area contributed by atoms with Gasteiger partial charge in [0.15, 0.2) is 0 Å². The third-order valence-electron chi connectivity index (χ3n) is 3.84. The first-order valence-corrected chi connectivity index (χ1v) is 7.28. The number of anilines is 2. The molecule has 0 bridgehead atoms. The molecule has 1 aromatic heterocycles. The number of fused-ring (bicyclic) bond motifs is 3. The largest absolute Gasteiger partial charge is 0.340 e. The number of halogens is 1. The molecule has 1 aliphatic rings. The molecule has 0 spiro atoms. The van der Waals surface area contributed by atoms with E-state index in [4.69, 9.17) is 11.6 Å². The van der Waals surface area contributed by atoms with Crippen molar-refractivity contribution in [3.63, 3.8) is 0 Å². The van der Waals surface area contributed by atoms with E-state index in [2.05, 4.69) is 40.6 Å². The molecule has 4 rings (SSSR count). The van der Waals surface area contributed by atoms with Crippen molar-refractivity contribution in [3.8, 4) is 11.3 Å². The average molecular weight is 296 g/mol. The van der Waals surface area contributed by atoms with Crippen LogP contribution in [0.25, 0.3) is 11.3 Å². The van der Waals surface area contributed by atoms with E-state index in [9.17, 15) is 0 Å². The first kappa shape index (κ1) is 12.5. The fourth-order valence-corrected chi connectivity index (χ4v) is 3.06. The maximum Gasteiger partial charge on any atom is 0.130 e. The van der Waals surface area contributed by atoms with Crippen molar-refractivity contribution in [2.75, 3.05) is 5.32 Å². The number of nitrogens with zero attached hydrogens (tertiary/aromatic N) is 1. The second kappa shape index (κ2) is 4.64. The van der Waals surface area contributed by atoms with Gasteiger partial charge in [0.1, 0.15) is 5.82 Å². The van der Waals surface area contributed by atoms with Crippen molar-refractivity contribution in [1.29, 1.82) is 0 Å². The van der Waals surface area contributed by atoms with E-state index in [0.717, 1.165) is 28.6 Å². The lowest BCUT2D eigenvalue weighted by Crippen LogP contribution is -1.94. The van der Waals surface area contributed by atoms with Gasteiger partial charge in [0.05, 0.1) is 5.69 Å². The number of aromatic nitrogens is 2. The van der Waals surface area contributed by atoms with Gasteiger partial charge in [-0.1, -0.05) is 29.8 Å². The Kier molecular flexibility index (Phi) is 2.76. The summed E-state index contributed by atoms with van der Waals surface area (Å²) in [6.45, 7) is 2.08. The minimum atomic E-state index is 0.774. The zero-order valence-electron chi connectivity index (χ0n) is 11.6. The van der Waals surface area contributed by atoms with Crippen LogP contribution >= 0.6 is 11.6 Å². The van der Waals surface area contributed by atoms with Gasteiger partial charge in [0.2, 0.25) is 0 Å². The third kappa shape index (κ3) is 2.10. The molecule has 104 valence electrons. The van der Waals surface area contributed by atoms with Gasteiger partial charge in [0.25, 0.3) is 0 Å². The standard InChI is InChI=1S/C17H14ClN3/c1-10-3-2-4-13(7-10)19-17-15-9-11-8-12(18)5-6-14(11)16(15)20-21-17/h2-8H,9H2,1H3,(H2,19,20,21). The molecule has 4 heteroatoms. The number of rotatable bonds is 2. The molecule has 3 nitrogen and oxygen atoms in total. The Bertz CT molecular complexity index is 836. The topological polar surface area (TPSA) is 40.7 Å². The average Bonchev–Trinajstić information content (AvgIpc) is 2.98. The highest BCUT2D eigenvalue weighted by Gasteiger charge is 2.24. The van der Waals surface area contributed by atoms with Gasteiger partial charge in [0, 0.05) is 28.3 Å². The molecule has 2 N–H and O–H groups in total. The molecular formula is C17H14ClN3. The summed E-state index contributed by atoms with van der Waals surface area (Å²) in [6.07, 6.45) is 0.857. The van der Waals surface area contributed by atoms with E-state index in [1.54, 1.807) is 0 Å². The summed E-state index contributed by atoms with van der Waals surface area (Å²) in [5.74, 6) is 0.961. The van der Waals surface area contributed by atoms with E-state index in [1.807, 2.05) is 24.3 Å². The molecule has 0 atom stereocenters. The highest BCUT2D eigenvalue weighted by atomic mass is 35.5. The first-order chi connectivity index (χ1) is 10.2. The number of hydrogen-bond donors (Lipinski definition) is 2. The molecule has 21 heavy (non-hydrogen) atoms. The summed E-state index contributed by atoms with van der Waals surface area (Å²) >= 11 is 6.08. The molecule has 1 aliphatic carbocycles. The van der Waals surface area contributed by atoms with Crippen LogP contribution in [0.1, 0.15) is 16.7 Å². The Morgan fingerprint density at radius 2 is 2.10 bits per heavy atom. The highest BCUT2D eigenvalue weighted by Crippen LogP contribution is 2.40. The summed E-state index contributed by atoms with van der Waals surface area (Å²) in [7, 11) is 0. The van der Waals surface area contributed by atoms with Gasteiger partial charge in [-0.2, -0.15) is 5.10 Å². The van der Waals surface area contributed by atoms with E-state index in [-0.39, 0.29) is 0 Å². The molecule has 0 aliphatic heterocycles. The molecule has 0 unspecified atom stereocenters. The minimum Gasteiger partial charge on any atom is -0.340 e. The fraction of sp³-hybridized carbons (Fsp3) is 0.118. The maximum absolute atomic E-state index is 6.08. The van der Waals surface area contributed by atoms with E-state index >= 15 is 0 Å². The van der Waals surface area contributed by atoms with Crippen molar-refractivity contribution < 1.29 is 0 Å². The number of H-pyrrole nitrogens is 1. The van der Waals surface area contributed by atoms with Crippen molar-refractivity contribution >= 4 is 23.1 Å². The normalized spacial score (nSPS) is 12.1. The van der Waals surface area contributed by atoms with Crippen LogP contribution in [0, 0.1) is 6.92 Å². The molecule has 0 amide bonds. The van der Waals surface area contributed by atoms with Gasteiger partial charge in [-0.05, 0) is 42.3 Å². The highest BCUT2D eigenvalue weighted by molar-refractivity contribution is 6.30. The Morgan fingerprint density at radius 3 is 2.95 bits per heavy atom. The zero-order valence-corrected chi connectivity index (χ0v) is 12.3. The number of nitrogens with one attached hydrogen (secondary N) is 2. The Labute approximate surface area is 128 Å². The van der Waals surface area contributed by atoms with Crippen LogP contribution in [-0.4, -0.2) is 10.2 Å². The third-order valence-corrected chi connectivity index (χ3v) is 4.08. The molecule has 0 radical (unpaired) electrons. The van der Waals surface area contributed by atoms with Crippen LogP contribution in [0.15, 0.2) is 42.5 Å². The Balaban J connectivity index is 1.71. The quantitative estimate of drug-likeness (QED) is 0.563. The smallest absolute Gasteiger partial charge is 0.130 e. The summed E-state index contributed by atoms with van der Waals surface area (Å²) < 4.78 is 0. The van der Waals surface area contributed by atoms with Crippen molar-refractivity contribution in [2.45, 2.75) is 13.3 Å². The first-order valence-electron chi connectivity index (χ1n) is 6.90. The predicted octanol–water partition coefficient (Wildman–Crippen LogP) is 4.69. The molecule has 2 aromatic carbocycles. The SMILES string of the molecule is Cc1cccc(Nc2[nH]nc3c2Cc2cc(Cl)ccc2-3)c1. The fourth-order valence-electron chi connectivity index (χ4n) is 2.86. The number of aromatic amines is 1. The van der Waals surface area contributed by atoms with Gasteiger partial charge in [-0.25, -0.2) is 0 Å². The summed E-state index contributed by atoms with van der Waals surface area (Å²) in [6, 6.07) is 14.3. The van der Waals surface area contributed by atoms with Gasteiger partial charge < -0.3 is 5.32 Å². The lowest BCUT2D eigenvalue weighted by molar-refractivity contribution is 1.09. The van der Waals surface area contributed by atoms with Crippen molar-refractivity contribution in [1.82, 2.24) is 10.2 Å². The lowest BCUT2D eigenvalue weighted by Gasteiger charge is -2.06. The molecular weight excluding hydrogens is 282 g/mol. The molecule has 0 saturated carbocycles. The summed E-state index contributed by atoms with van der Waals surface area (Å²) in [5, 5.41) is 11.8. The number of benzene rings is 2. The zero-order chi connectivity index (χ0) is 14.4. The van der Waals surface area contributed by atoms with Gasteiger partial charge in [-0.15, -0.1) is 0 Å². The number of hydrogen-bond acceptors (Lipinski definition) is 2. The lowest BCUT2D eigenvalue weighted by atomic mass is 10.1. The van der Waals surface area contributed by atoms with Crippen LogP contribution in [0.4, 0.5) is 11.5 Å². The Morgan fingerprint density at radius 1 is 1.19 bits per heavy atom. The second-order valence-electron chi connectivity index (χ2n) is 5.40. The van der Waals surface area contributed by atoms with Crippen LogP contribution in [0.3, 0.4) is 0 Å². The second-order valence-corrected chi connectivity index (χ2v) is 5.83. The molecule has 3 aromatic rings. The van der Waals surface area contributed by atoms with E-state index in [0.29, 0.717) is 0 Å². The van der Waals surface area contributed by atoms with Gasteiger partial charge in [-0.3, -0.25) is 5.10 Å².